The Hall–Kier alpha value is -2.35. The van der Waals surface area contributed by atoms with Crippen molar-refractivity contribution in [1.82, 2.24) is 4.98 Å². The van der Waals surface area contributed by atoms with Crippen molar-refractivity contribution in [2.45, 2.75) is 6.92 Å². The van der Waals surface area contributed by atoms with Gasteiger partial charge in [0.1, 0.15) is 4.88 Å². The Kier molecular flexibility index (Phi) is 3.75. The molecule has 2 N–H and O–H groups in total. The zero-order valence-corrected chi connectivity index (χ0v) is 10.9. The number of benzene rings is 1. The number of aromatic nitrogens is 1. The Morgan fingerprint density at radius 3 is 2.50 bits per heavy atom. The number of carboxylic acids is 1. The number of ketones is 1. The van der Waals surface area contributed by atoms with Gasteiger partial charge in [-0.2, -0.15) is 0 Å². The normalized spacial score (nSPS) is 10.3. The number of carbonyl (C=O) groups excluding carboxylic acids is 1. The Morgan fingerprint density at radius 1 is 1.30 bits per heavy atom. The van der Waals surface area contributed by atoms with Crippen LogP contribution in [0.25, 0.3) is 0 Å². The van der Waals surface area contributed by atoms with Crippen LogP contribution < -0.4 is 5.32 Å². The summed E-state index contributed by atoms with van der Waals surface area (Å²) in [7, 11) is 0. The fraction of sp³-hybridized carbons (Fsp3) is 0.0833. The van der Waals surface area contributed by atoms with Crippen molar-refractivity contribution in [2.75, 3.05) is 5.32 Å². The highest BCUT2D eigenvalue weighted by molar-refractivity contribution is 7.17. The Bertz CT molecular complexity index is 669. The van der Waals surface area contributed by atoms with Gasteiger partial charge in [-0.1, -0.05) is 11.3 Å². The summed E-state index contributed by atoms with van der Waals surface area (Å²) in [6.45, 7) is 1.22. The standard InChI is InChI=1S/C12H8F2N2O3S/c1-5(17)10-9(11(18)19)16-12(20-10)15-6-2-3-7(13)8(14)4-6/h2-4H,1H3,(H,15,16)(H,18,19). The largest absolute Gasteiger partial charge is 0.476 e. The predicted molar refractivity (Wildman–Crippen MR) is 68.7 cm³/mol. The van der Waals surface area contributed by atoms with Crippen LogP contribution in [0, 0.1) is 11.6 Å². The van der Waals surface area contributed by atoms with Gasteiger partial charge in [0.15, 0.2) is 28.2 Å². The van der Waals surface area contributed by atoms with E-state index in [0.29, 0.717) is 0 Å². The van der Waals surface area contributed by atoms with Gasteiger partial charge in [0.25, 0.3) is 0 Å². The van der Waals surface area contributed by atoms with Crippen LogP contribution >= 0.6 is 11.3 Å². The molecular formula is C12H8F2N2O3S. The van der Waals surface area contributed by atoms with Crippen molar-refractivity contribution in [3.8, 4) is 0 Å². The summed E-state index contributed by atoms with van der Waals surface area (Å²) in [5, 5.41) is 11.7. The van der Waals surface area contributed by atoms with Gasteiger partial charge in [-0.05, 0) is 12.1 Å². The van der Waals surface area contributed by atoms with E-state index in [1.165, 1.54) is 13.0 Å². The molecule has 0 aliphatic heterocycles. The minimum atomic E-state index is -1.33. The summed E-state index contributed by atoms with van der Waals surface area (Å²) in [5.74, 6) is -3.80. The molecule has 0 spiro atoms. The second-order valence-corrected chi connectivity index (χ2v) is 4.81. The van der Waals surface area contributed by atoms with E-state index in [0.717, 1.165) is 23.5 Å². The molecule has 5 nitrogen and oxygen atoms in total. The van der Waals surface area contributed by atoms with E-state index in [4.69, 9.17) is 5.11 Å². The lowest BCUT2D eigenvalue weighted by molar-refractivity contribution is 0.0687. The number of hydrogen-bond acceptors (Lipinski definition) is 5. The molecule has 0 aliphatic rings. The van der Waals surface area contributed by atoms with Crippen molar-refractivity contribution in [1.29, 1.82) is 0 Å². The zero-order chi connectivity index (χ0) is 14.9. The number of halogens is 2. The number of thiazole rings is 1. The molecule has 0 radical (unpaired) electrons. The topological polar surface area (TPSA) is 79.3 Å². The molecule has 0 atom stereocenters. The van der Waals surface area contributed by atoms with Gasteiger partial charge < -0.3 is 10.4 Å². The highest BCUT2D eigenvalue weighted by atomic mass is 32.1. The van der Waals surface area contributed by atoms with Crippen molar-refractivity contribution < 1.29 is 23.5 Å². The lowest BCUT2D eigenvalue weighted by Gasteiger charge is -2.02. The number of anilines is 2. The van der Waals surface area contributed by atoms with Crippen molar-refractivity contribution in [3.63, 3.8) is 0 Å². The molecule has 104 valence electrons. The first-order valence-corrected chi connectivity index (χ1v) is 6.17. The van der Waals surface area contributed by atoms with Crippen molar-refractivity contribution in [2.24, 2.45) is 0 Å². The zero-order valence-electron chi connectivity index (χ0n) is 10.1. The number of hydrogen-bond donors (Lipinski definition) is 2. The molecule has 0 aliphatic carbocycles. The number of nitrogens with zero attached hydrogens (tertiary/aromatic N) is 1. The van der Waals surface area contributed by atoms with Crippen LogP contribution in [-0.2, 0) is 0 Å². The molecule has 1 heterocycles. The van der Waals surface area contributed by atoms with Gasteiger partial charge >= 0.3 is 5.97 Å². The molecule has 20 heavy (non-hydrogen) atoms. The summed E-state index contributed by atoms with van der Waals surface area (Å²) < 4.78 is 25.8. The first-order valence-electron chi connectivity index (χ1n) is 5.35. The monoisotopic (exact) mass is 298 g/mol. The Labute approximate surface area is 115 Å². The van der Waals surface area contributed by atoms with E-state index >= 15 is 0 Å². The molecule has 0 bridgehead atoms. The number of nitrogens with one attached hydrogen (secondary N) is 1. The third kappa shape index (κ3) is 2.80. The fourth-order valence-electron chi connectivity index (χ4n) is 1.45. The summed E-state index contributed by atoms with van der Waals surface area (Å²) in [6, 6.07) is 3.10. The van der Waals surface area contributed by atoms with Crippen LogP contribution in [0.5, 0.6) is 0 Å². The minimum absolute atomic E-state index is 0.0115. The van der Waals surface area contributed by atoms with Gasteiger partial charge in [0, 0.05) is 18.7 Å². The smallest absolute Gasteiger partial charge is 0.356 e. The molecule has 0 unspecified atom stereocenters. The maximum atomic E-state index is 13.0. The molecule has 2 aromatic rings. The summed E-state index contributed by atoms with van der Waals surface area (Å²) in [4.78, 5) is 26.0. The first kappa shape index (κ1) is 14.1. The Balaban J connectivity index is 2.34. The van der Waals surface area contributed by atoms with Gasteiger partial charge in [0.05, 0.1) is 0 Å². The summed E-state index contributed by atoms with van der Waals surface area (Å²) in [5.41, 5.74) is -0.169. The lowest BCUT2D eigenvalue weighted by Crippen LogP contribution is -2.03. The van der Waals surface area contributed by atoms with E-state index < -0.39 is 23.4 Å². The molecule has 0 saturated carbocycles. The van der Waals surface area contributed by atoms with E-state index in [2.05, 4.69) is 10.3 Å². The van der Waals surface area contributed by atoms with E-state index in [1.54, 1.807) is 0 Å². The number of rotatable bonds is 4. The average Bonchev–Trinajstić information content (AvgIpc) is 2.78. The van der Waals surface area contributed by atoms with Gasteiger partial charge in [-0.25, -0.2) is 18.6 Å². The average molecular weight is 298 g/mol. The van der Waals surface area contributed by atoms with E-state index in [1.807, 2.05) is 0 Å². The summed E-state index contributed by atoms with van der Waals surface area (Å²) >= 11 is 0.832. The third-order valence-corrected chi connectivity index (χ3v) is 3.39. The maximum Gasteiger partial charge on any atom is 0.356 e. The van der Waals surface area contributed by atoms with Gasteiger partial charge in [0.2, 0.25) is 0 Å². The third-order valence-electron chi connectivity index (χ3n) is 2.32. The van der Waals surface area contributed by atoms with Crippen LogP contribution in [0.2, 0.25) is 0 Å². The minimum Gasteiger partial charge on any atom is -0.476 e. The second-order valence-electron chi connectivity index (χ2n) is 3.81. The highest BCUT2D eigenvalue weighted by Gasteiger charge is 2.20. The van der Waals surface area contributed by atoms with Crippen LogP contribution in [0.15, 0.2) is 18.2 Å². The molecule has 1 aromatic carbocycles. The number of Topliss-reactive ketones (excluding diaryl/α,β-unsaturated/α-hetero) is 1. The van der Waals surface area contributed by atoms with Crippen molar-refractivity contribution in [3.05, 3.63) is 40.4 Å². The highest BCUT2D eigenvalue weighted by Crippen LogP contribution is 2.27. The maximum absolute atomic E-state index is 13.0. The van der Waals surface area contributed by atoms with Gasteiger partial charge in [-0.15, -0.1) is 0 Å². The number of carbonyl (C=O) groups is 2. The molecule has 2 rings (SSSR count). The van der Waals surface area contributed by atoms with E-state index in [9.17, 15) is 18.4 Å². The second kappa shape index (κ2) is 5.33. The fourth-order valence-corrected chi connectivity index (χ4v) is 2.33. The molecule has 1 aromatic heterocycles. The Morgan fingerprint density at radius 2 is 2.00 bits per heavy atom. The van der Waals surface area contributed by atoms with Crippen LogP contribution in [0.3, 0.4) is 0 Å². The number of aromatic carboxylic acids is 1. The first-order chi connectivity index (χ1) is 9.38. The van der Waals surface area contributed by atoms with Gasteiger partial charge in [-0.3, -0.25) is 4.79 Å². The van der Waals surface area contributed by atoms with E-state index in [-0.39, 0.29) is 21.4 Å². The SMILES string of the molecule is CC(=O)c1sc(Nc2ccc(F)c(F)c2)nc1C(=O)O. The number of carboxylic acid groups (broad SMARTS) is 1. The lowest BCUT2D eigenvalue weighted by atomic mass is 10.3. The molecule has 8 heteroatoms. The predicted octanol–water partition coefficient (Wildman–Crippen LogP) is 3.07. The quantitative estimate of drug-likeness (QED) is 0.848. The molecule has 0 amide bonds. The van der Waals surface area contributed by atoms with Crippen LogP contribution in [0.4, 0.5) is 19.6 Å². The molecular weight excluding hydrogens is 290 g/mol. The van der Waals surface area contributed by atoms with Crippen molar-refractivity contribution >= 4 is 33.9 Å². The molecule has 0 fully saturated rings. The van der Waals surface area contributed by atoms with Crippen LogP contribution in [0.1, 0.15) is 27.1 Å². The van der Waals surface area contributed by atoms with Crippen LogP contribution in [-0.4, -0.2) is 21.8 Å². The molecule has 0 saturated heterocycles. The summed E-state index contributed by atoms with van der Waals surface area (Å²) in [6.07, 6.45) is 0.